The van der Waals surface area contributed by atoms with E-state index in [2.05, 4.69) is 5.32 Å². The van der Waals surface area contributed by atoms with E-state index in [0.717, 1.165) is 17.0 Å². The van der Waals surface area contributed by atoms with Crippen molar-refractivity contribution in [1.29, 1.82) is 0 Å². The summed E-state index contributed by atoms with van der Waals surface area (Å²) in [5.41, 5.74) is 3.51. The number of aryl methyl sites for hydroxylation is 1. The molecular weight excluding hydrogens is 500 g/mol. The Morgan fingerprint density at radius 2 is 1.72 bits per heavy atom. The van der Waals surface area contributed by atoms with Gasteiger partial charge in [0.25, 0.3) is 17.5 Å². The Labute approximate surface area is 227 Å². The quantitative estimate of drug-likeness (QED) is 0.322. The Hall–Kier alpha value is -4.47. The lowest BCUT2D eigenvalue weighted by molar-refractivity contribution is -0.384. The highest BCUT2D eigenvalue weighted by molar-refractivity contribution is 5.96. The van der Waals surface area contributed by atoms with E-state index in [9.17, 15) is 19.7 Å². The van der Waals surface area contributed by atoms with Crippen molar-refractivity contribution in [3.05, 3.63) is 92.8 Å². The SMILES string of the molecule is COc1ccc(CCNC(=O)c2ccc(C)nc2C2CCN(C(=O)c3ccc([N+](=O)[O-])cc3)CC2)cc1OC. The van der Waals surface area contributed by atoms with Crippen LogP contribution in [0.3, 0.4) is 0 Å². The van der Waals surface area contributed by atoms with Crippen molar-refractivity contribution in [3.63, 3.8) is 0 Å². The van der Waals surface area contributed by atoms with Crippen molar-refractivity contribution in [2.24, 2.45) is 0 Å². The molecule has 1 aromatic heterocycles. The number of piperidine rings is 1. The van der Waals surface area contributed by atoms with Gasteiger partial charge < -0.3 is 19.7 Å². The van der Waals surface area contributed by atoms with Crippen molar-refractivity contribution in [3.8, 4) is 11.5 Å². The number of hydrogen-bond donors (Lipinski definition) is 1. The summed E-state index contributed by atoms with van der Waals surface area (Å²) >= 11 is 0. The number of pyridine rings is 1. The Kier molecular flexibility index (Phi) is 8.75. The lowest BCUT2D eigenvalue weighted by atomic mass is 9.89. The Morgan fingerprint density at radius 1 is 1.03 bits per heavy atom. The number of non-ortho nitro benzene ring substituents is 1. The number of aromatic nitrogens is 1. The molecule has 0 unspecified atom stereocenters. The number of rotatable bonds is 9. The molecule has 3 aromatic rings. The molecule has 204 valence electrons. The van der Waals surface area contributed by atoms with Gasteiger partial charge in [-0.2, -0.15) is 0 Å². The molecule has 0 bridgehead atoms. The second-order valence-electron chi connectivity index (χ2n) is 9.45. The third-order valence-electron chi connectivity index (χ3n) is 6.95. The Morgan fingerprint density at radius 3 is 2.36 bits per heavy atom. The zero-order valence-corrected chi connectivity index (χ0v) is 22.3. The van der Waals surface area contributed by atoms with Crippen molar-refractivity contribution in [2.75, 3.05) is 33.9 Å². The number of ether oxygens (including phenoxy) is 2. The van der Waals surface area contributed by atoms with Gasteiger partial charge >= 0.3 is 0 Å². The fraction of sp³-hybridized carbons (Fsp3) is 0.345. The lowest BCUT2D eigenvalue weighted by Gasteiger charge is -2.32. The van der Waals surface area contributed by atoms with Crippen molar-refractivity contribution < 1.29 is 24.0 Å². The minimum atomic E-state index is -0.488. The van der Waals surface area contributed by atoms with Crippen molar-refractivity contribution in [1.82, 2.24) is 15.2 Å². The van der Waals surface area contributed by atoms with E-state index in [1.165, 1.54) is 24.3 Å². The minimum absolute atomic E-state index is 0.0393. The van der Waals surface area contributed by atoms with Gasteiger partial charge in [0.1, 0.15) is 0 Å². The summed E-state index contributed by atoms with van der Waals surface area (Å²) in [5.74, 6) is 0.999. The highest BCUT2D eigenvalue weighted by Crippen LogP contribution is 2.31. The molecular formula is C29H32N4O6. The number of nitro benzene ring substituents is 1. The van der Waals surface area contributed by atoms with Gasteiger partial charge in [-0.25, -0.2) is 0 Å². The summed E-state index contributed by atoms with van der Waals surface area (Å²) in [5, 5.41) is 13.9. The first-order valence-electron chi connectivity index (χ1n) is 12.8. The van der Waals surface area contributed by atoms with Crippen LogP contribution in [-0.2, 0) is 6.42 Å². The smallest absolute Gasteiger partial charge is 0.269 e. The molecule has 2 heterocycles. The van der Waals surface area contributed by atoms with E-state index in [1.807, 2.05) is 37.3 Å². The van der Waals surface area contributed by atoms with E-state index in [4.69, 9.17) is 14.5 Å². The normalized spacial score (nSPS) is 13.6. The monoisotopic (exact) mass is 532 g/mol. The van der Waals surface area contributed by atoms with Gasteiger partial charge in [-0.05, 0) is 68.1 Å². The van der Waals surface area contributed by atoms with Crippen LogP contribution in [0.5, 0.6) is 11.5 Å². The number of benzene rings is 2. The standard InChI is InChI=1S/C29H32N4O6/c1-19-4-10-24(28(34)30-15-12-20-5-11-25(38-2)26(18-20)39-3)27(31-19)21-13-16-32(17-14-21)29(35)22-6-8-23(9-7-22)33(36)37/h4-11,18,21H,12-17H2,1-3H3,(H,30,34). The molecule has 0 atom stereocenters. The molecule has 10 heteroatoms. The van der Waals surface area contributed by atoms with E-state index in [1.54, 1.807) is 19.1 Å². The Balaban J connectivity index is 1.38. The number of nitro groups is 1. The van der Waals surface area contributed by atoms with Gasteiger partial charge in [0, 0.05) is 48.9 Å². The number of methoxy groups -OCH3 is 2. The first-order valence-corrected chi connectivity index (χ1v) is 12.8. The van der Waals surface area contributed by atoms with Gasteiger partial charge in [-0.3, -0.25) is 24.7 Å². The summed E-state index contributed by atoms with van der Waals surface area (Å²) < 4.78 is 10.6. The number of carbonyl (C=O) groups excluding carboxylic acids is 2. The van der Waals surface area contributed by atoms with Crippen LogP contribution >= 0.6 is 0 Å². The molecule has 10 nitrogen and oxygen atoms in total. The average molecular weight is 533 g/mol. The summed E-state index contributed by atoms with van der Waals surface area (Å²) in [6.45, 7) is 3.37. The molecule has 1 aliphatic heterocycles. The highest BCUT2D eigenvalue weighted by Gasteiger charge is 2.28. The molecule has 0 spiro atoms. The minimum Gasteiger partial charge on any atom is -0.493 e. The van der Waals surface area contributed by atoms with E-state index < -0.39 is 4.92 Å². The number of amides is 2. The van der Waals surface area contributed by atoms with Crippen LogP contribution < -0.4 is 14.8 Å². The maximum Gasteiger partial charge on any atom is 0.269 e. The van der Waals surface area contributed by atoms with Gasteiger partial charge in [0.2, 0.25) is 0 Å². The number of nitrogens with one attached hydrogen (secondary N) is 1. The largest absolute Gasteiger partial charge is 0.493 e. The van der Waals surface area contributed by atoms with Gasteiger partial charge in [0.15, 0.2) is 11.5 Å². The number of carbonyl (C=O) groups is 2. The number of hydrogen-bond acceptors (Lipinski definition) is 7. The molecule has 1 saturated heterocycles. The summed E-state index contributed by atoms with van der Waals surface area (Å²) in [7, 11) is 3.18. The molecule has 0 saturated carbocycles. The van der Waals surface area contributed by atoms with E-state index >= 15 is 0 Å². The van der Waals surface area contributed by atoms with Crippen LogP contribution in [0.15, 0.2) is 54.6 Å². The first kappa shape index (κ1) is 27.6. The molecule has 1 N–H and O–H groups in total. The van der Waals surface area contributed by atoms with Gasteiger partial charge in [0.05, 0.1) is 30.4 Å². The molecule has 1 aliphatic rings. The molecule has 0 aliphatic carbocycles. The van der Waals surface area contributed by atoms with Gasteiger partial charge in [-0.15, -0.1) is 0 Å². The maximum absolute atomic E-state index is 13.2. The second-order valence-corrected chi connectivity index (χ2v) is 9.45. The fourth-order valence-electron chi connectivity index (χ4n) is 4.80. The Bertz CT molecular complexity index is 1350. The lowest BCUT2D eigenvalue weighted by Crippen LogP contribution is -2.38. The molecule has 4 rings (SSSR count). The average Bonchev–Trinajstić information content (AvgIpc) is 2.96. The fourth-order valence-corrected chi connectivity index (χ4v) is 4.80. The maximum atomic E-state index is 13.2. The summed E-state index contributed by atoms with van der Waals surface area (Å²) in [6, 6.07) is 15.0. The topological polar surface area (TPSA) is 124 Å². The van der Waals surface area contributed by atoms with Crippen molar-refractivity contribution >= 4 is 17.5 Å². The van der Waals surface area contributed by atoms with E-state index in [-0.39, 0.29) is 23.4 Å². The zero-order valence-electron chi connectivity index (χ0n) is 22.3. The molecule has 39 heavy (non-hydrogen) atoms. The highest BCUT2D eigenvalue weighted by atomic mass is 16.6. The van der Waals surface area contributed by atoms with Crippen LogP contribution in [0, 0.1) is 17.0 Å². The molecule has 2 aromatic carbocycles. The van der Waals surface area contributed by atoms with Crippen LogP contribution in [0.25, 0.3) is 0 Å². The predicted molar refractivity (Wildman–Crippen MR) is 146 cm³/mol. The molecule has 2 amide bonds. The molecule has 0 radical (unpaired) electrons. The van der Waals surface area contributed by atoms with E-state index in [0.29, 0.717) is 61.5 Å². The number of nitrogens with zero attached hydrogens (tertiary/aromatic N) is 3. The second kappa shape index (κ2) is 12.4. The van der Waals surface area contributed by atoms with Gasteiger partial charge in [-0.1, -0.05) is 6.07 Å². The van der Waals surface area contributed by atoms with Crippen LogP contribution in [0.4, 0.5) is 5.69 Å². The third-order valence-corrected chi connectivity index (χ3v) is 6.95. The summed E-state index contributed by atoms with van der Waals surface area (Å²) in [6.07, 6.45) is 1.96. The van der Waals surface area contributed by atoms with Crippen LogP contribution in [-0.4, -0.2) is 60.5 Å². The third kappa shape index (κ3) is 6.51. The number of likely N-dealkylation sites (tertiary alicyclic amines) is 1. The first-order chi connectivity index (χ1) is 18.8. The zero-order chi connectivity index (χ0) is 27.9. The van der Waals surface area contributed by atoms with Crippen LogP contribution in [0.2, 0.25) is 0 Å². The summed E-state index contributed by atoms with van der Waals surface area (Å²) in [4.78, 5) is 43.0. The predicted octanol–water partition coefficient (Wildman–Crippen LogP) is 4.31. The van der Waals surface area contributed by atoms with Crippen molar-refractivity contribution in [2.45, 2.75) is 32.1 Å². The van der Waals surface area contributed by atoms with Crippen LogP contribution in [0.1, 0.15) is 56.4 Å². The molecule has 1 fully saturated rings.